The zero-order valence-corrected chi connectivity index (χ0v) is 4.83. The first-order valence-electron chi connectivity index (χ1n) is 2.49. The molecule has 0 heterocycles. The van der Waals surface area contributed by atoms with E-state index in [2.05, 4.69) is 12.6 Å². The summed E-state index contributed by atoms with van der Waals surface area (Å²) in [6.07, 6.45) is 3.10. The lowest BCUT2D eigenvalue weighted by Crippen LogP contribution is -1.85. The third kappa shape index (κ3) is 1.88. The Kier molecular flexibility index (Phi) is 1.28. The molecule has 1 aliphatic rings. The van der Waals surface area contributed by atoms with Crippen molar-refractivity contribution in [2.45, 2.75) is 19.3 Å². The quantitative estimate of drug-likeness (QED) is 0.533. The van der Waals surface area contributed by atoms with E-state index in [9.17, 15) is 4.79 Å². The van der Waals surface area contributed by atoms with Crippen LogP contribution in [0.4, 0.5) is 0 Å². The molecule has 39 valence electrons. The molecule has 2 heteroatoms. The molecule has 0 aliphatic heterocycles. The number of carbonyl (C=O) groups is 1. The third-order valence-corrected chi connectivity index (χ3v) is 1.32. The predicted octanol–water partition coefficient (Wildman–Crippen LogP) is 1.51. The fraction of sp³-hybridized carbons (Fsp3) is 0.800. The molecule has 0 spiro atoms. The first-order chi connectivity index (χ1) is 3.29. The first-order valence-corrected chi connectivity index (χ1v) is 2.89. The van der Waals surface area contributed by atoms with Crippen molar-refractivity contribution in [3.63, 3.8) is 0 Å². The molecular weight excluding hydrogens is 108 g/mol. The summed E-state index contributed by atoms with van der Waals surface area (Å²) >= 11 is 4.36. The number of carbonyl (C=O) groups excluding carboxylic acids is 1. The van der Waals surface area contributed by atoms with Crippen molar-refractivity contribution in [2.24, 2.45) is 5.92 Å². The Balaban J connectivity index is 2.08. The minimum Gasteiger partial charge on any atom is -0.282 e. The number of rotatable bonds is 2. The van der Waals surface area contributed by atoms with E-state index in [0.717, 1.165) is 0 Å². The second-order valence-corrected chi connectivity index (χ2v) is 2.47. The minimum absolute atomic E-state index is 0.0671. The van der Waals surface area contributed by atoms with Crippen LogP contribution in [0.2, 0.25) is 0 Å². The topological polar surface area (TPSA) is 17.1 Å². The summed E-state index contributed by atoms with van der Waals surface area (Å²) < 4.78 is 0. The molecule has 0 unspecified atom stereocenters. The molecule has 1 fully saturated rings. The Bertz CT molecular complexity index is 86.1. The van der Waals surface area contributed by atoms with Crippen LogP contribution in [0.3, 0.4) is 0 Å². The van der Waals surface area contributed by atoms with Crippen LogP contribution in [0.25, 0.3) is 0 Å². The van der Waals surface area contributed by atoms with Crippen LogP contribution in [-0.2, 0) is 4.79 Å². The molecule has 0 atom stereocenters. The molecule has 1 rings (SSSR count). The molecule has 7 heavy (non-hydrogen) atoms. The van der Waals surface area contributed by atoms with E-state index in [1.807, 2.05) is 0 Å². The highest BCUT2D eigenvalue weighted by molar-refractivity contribution is 7.96. The highest BCUT2D eigenvalue weighted by Gasteiger charge is 2.22. The van der Waals surface area contributed by atoms with Gasteiger partial charge in [-0.1, -0.05) is 0 Å². The van der Waals surface area contributed by atoms with E-state index in [1.165, 1.54) is 12.8 Å². The second kappa shape index (κ2) is 1.78. The van der Waals surface area contributed by atoms with Gasteiger partial charge in [-0.2, -0.15) is 0 Å². The summed E-state index contributed by atoms with van der Waals surface area (Å²) in [7, 11) is 0. The van der Waals surface area contributed by atoms with Crippen LogP contribution in [-0.4, -0.2) is 5.12 Å². The Labute approximate surface area is 48.5 Å². The maximum atomic E-state index is 10.1. The van der Waals surface area contributed by atoms with Gasteiger partial charge in [-0.15, -0.1) is 0 Å². The molecule has 1 saturated carbocycles. The fourth-order valence-corrected chi connectivity index (χ4v) is 0.793. The second-order valence-electron chi connectivity index (χ2n) is 2.02. The molecule has 0 N–H and O–H groups in total. The standard InChI is InChI=1S/C5H7OS/c6-5(7)3-4-1-2-4/h4H,1-3H2. The van der Waals surface area contributed by atoms with Gasteiger partial charge < -0.3 is 0 Å². The lowest BCUT2D eigenvalue weighted by atomic mass is 10.3. The minimum atomic E-state index is -0.0671. The normalized spacial score (nSPS) is 19.4. The van der Waals surface area contributed by atoms with Crippen LogP contribution in [0.5, 0.6) is 0 Å². The van der Waals surface area contributed by atoms with Crippen molar-refractivity contribution < 1.29 is 4.79 Å². The van der Waals surface area contributed by atoms with E-state index >= 15 is 0 Å². The Morgan fingerprint density at radius 1 is 1.71 bits per heavy atom. The van der Waals surface area contributed by atoms with E-state index < -0.39 is 0 Å². The zero-order valence-electron chi connectivity index (χ0n) is 4.02. The van der Waals surface area contributed by atoms with Crippen molar-refractivity contribution in [3.05, 3.63) is 0 Å². The fourth-order valence-electron chi connectivity index (χ4n) is 0.558. The Morgan fingerprint density at radius 2 is 2.29 bits per heavy atom. The molecule has 0 aromatic rings. The molecule has 1 radical (unpaired) electrons. The average molecular weight is 115 g/mol. The van der Waals surface area contributed by atoms with Gasteiger partial charge in [-0.25, -0.2) is 0 Å². The van der Waals surface area contributed by atoms with Gasteiger partial charge in [0.1, 0.15) is 0 Å². The molecular formula is C5H7OS. The van der Waals surface area contributed by atoms with Crippen molar-refractivity contribution in [3.8, 4) is 0 Å². The highest BCUT2D eigenvalue weighted by Crippen LogP contribution is 2.32. The van der Waals surface area contributed by atoms with Crippen LogP contribution in [0, 0.1) is 5.92 Å². The van der Waals surface area contributed by atoms with Gasteiger partial charge in [0.2, 0.25) is 5.12 Å². The van der Waals surface area contributed by atoms with Gasteiger partial charge in [0.05, 0.1) is 0 Å². The summed E-state index contributed by atoms with van der Waals surface area (Å²) in [5, 5.41) is -0.0671. The van der Waals surface area contributed by atoms with Gasteiger partial charge in [0, 0.05) is 6.42 Å². The summed E-state index contributed by atoms with van der Waals surface area (Å²) in [5.74, 6) is 0.671. The summed E-state index contributed by atoms with van der Waals surface area (Å²) in [6, 6.07) is 0. The van der Waals surface area contributed by atoms with E-state index in [1.54, 1.807) is 0 Å². The Morgan fingerprint density at radius 3 is 2.43 bits per heavy atom. The molecule has 1 aliphatic carbocycles. The van der Waals surface area contributed by atoms with Crippen molar-refractivity contribution in [1.29, 1.82) is 0 Å². The van der Waals surface area contributed by atoms with Crippen molar-refractivity contribution in [1.82, 2.24) is 0 Å². The monoisotopic (exact) mass is 115 g/mol. The van der Waals surface area contributed by atoms with Crippen LogP contribution < -0.4 is 0 Å². The van der Waals surface area contributed by atoms with Gasteiger partial charge >= 0.3 is 0 Å². The van der Waals surface area contributed by atoms with Gasteiger partial charge in [-0.05, 0) is 31.4 Å². The van der Waals surface area contributed by atoms with Crippen LogP contribution in [0.15, 0.2) is 0 Å². The van der Waals surface area contributed by atoms with E-state index in [4.69, 9.17) is 0 Å². The number of hydrogen-bond acceptors (Lipinski definition) is 1. The smallest absolute Gasteiger partial charge is 0.218 e. The van der Waals surface area contributed by atoms with Gasteiger partial charge in [-0.3, -0.25) is 4.79 Å². The Hall–Kier alpha value is -0.110. The molecule has 0 bridgehead atoms. The zero-order chi connectivity index (χ0) is 5.28. The van der Waals surface area contributed by atoms with Gasteiger partial charge in [0.15, 0.2) is 0 Å². The van der Waals surface area contributed by atoms with Gasteiger partial charge in [0.25, 0.3) is 0 Å². The lowest BCUT2D eigenvalue weighted by Gasteiger charge is -1.81. The van der Waals surface area contributed by atoms with E-state index in [0.29, 0.717) is 12.3 Å². The molecule has 0 amide bonds. The summed E-state index contributed by atoms with van der Waals surface area (Å²) in [6.45, 7) is 0. The maximum absolute atomic E-state index is 10.1. The summed E-state index contributed by atoms with van der Waals surface area (Å²) in [5.41, 5.74) is 0. The number of hydrogen-bond donors (Lipinski definition) is 0. The molecule has 0 saturated heterocycles. The average Bonchev–Trinajstić information content (AvgIpc) is 2.17. The van der Waals surface area contributed by atoms with Crippen LogP contribution >= 0.6 is 12.6 Å². The third-order valence-electron chi connectivity index (χ3n) is 1.15. The molecule has 0 aromatic carbocycles. The van der Waals surface area contributed by atoms with E-state index in [-0.39, 0.29) is 5.12 Å². The first kappa shape index (κ1) is 5.04. The molecule has 1 nitrogen and oxygen atoms in total. The van der Waals surface area contributed by atoms with Crippen LogP contribution in [0.1, 0.15) is 19.3 Å². The SMILES string of the molecule is O=C([S])CC1CC1. The largest absolute Gasteiger partial charge is 0.282 e. The maximum Gasteiger partial charge on any atom is 0.218 e. The van der Waals surface area contributed by atoms with Crippen molar-refractivity contribution >= 4 is 17.7 Å². The summed E-state index contributed by atoms with van der Waals surface area (Å²) in [4.78, 5) is 10.1. The highest BCUT2D eigenvalue weighted by atomic mass is 32.1. The molecule has 0 aromatic heterocycles. The lowest BCUT2D eigenvalue weighted by molar-refractivity contribution is -0.111. The van der Waals surface area contributed by atoms with Crippen molar-refractivity contribution in [2.75, 3.05) is 0 Å². The predicted molar refractivity (Wildman–Crippen MR) is 29.9 cm³/mol.